The van der Waals surface area contributed by atoms with Crippen molar-refractivity contribution in [1.82, 2.24) is 10.2 Å². The quantitative estimate of drug-likeness (QED) is 0.492. The summed E-state index contributed by atoms with van der Waals surface area (Å²) < 4.78 is 5.40. The molecule has 0 aliphatic heterocycles. The molecule has 7 nitrogen and oxygen atoms in total. The first-order chi connectivity index (χ1) is 16.8. The molecular weight excluding hydrogens is 454 g/mol. The number of nitrogens with zero attached hydrogens (tertiary/aromatic N) is 1. The predicted octanol–water partition coefficient (Wildman–Crippen LogP) is 5.69. The van der Waals surface area contributed by atoms with Gasteiger partial charge in [0.05, 0.1) is 0 Å². The van der Waals surface area contributed by atoms with Gasteiger partial charge in [-0.15, -0.1) is 0 Å². The number of ether oxygens (including phenoxy) is 1. The Hall–Kier alpha value is -3.35. The summed E-state index contributed by atoms with van der Waals surface area (Å²) in [6, 6.07) is 11.6. The minimum Gasteiger partial charge on any atom is -0.444 e. The molecule has 0 bridgehead atoms. The Morgan fingerprint density at radius 1 is 0.917 bits per heavy atom. The fourth-order valence-corrected chi connectivity index (χ4v) is 4.14. The number of para-hydroxylation sites is 1. The number of nitrogens with one attached hydrogen (secondary N) is 2. The van der Waals surface area contributed by atoms with Crippen LogP contribution in [0.2, 0.25) is 0 Å². The number of alkyl carbamates (subject to hydrolysis) is 1. The van der Waals surface area contributed by atoms with E-state index >= 15 is 0 Å². The third kappa shape index (κ3) is 7.33. The summed E-state index contributed by atoms with van der Waals surface area (Å²) in [4.78, 5) is 41.9. The van der Waals surface area contributed by atoms with Gasteiger partial charge in [0.1, 0.15) is 17.7 Å². The molecule has 2 unspecified atom stereocenters. The van der Waals surface area contributed by atoms with Crippen molar-refractivity contribution in [3.63, 3.8) is 0 Å². The van der Waals surface area contributed by atoms with E-state index in [-0.39, 0.29) is 24.3 Å². The Balaban J connectivity index is 2.50. The zero-order valence-corrected chi connectivity index (χ0v) is 23.1. The number of benzene rings is 2. The highest BCUT2D eigenvalue weighted by Gasteiger charge is 2.37. The lowest BCUT2D eigenvalue weighted by Gasteiger charge is -2.35. The molecule has 2 atom stereocenters. The van der Waals surface area contributed by atoms with Crippen LogP contribution in [0.3, 0.4) is 0 Å². The lowest BCUT2D eigenvalue weighted by atomic mass is 9.96. The van der Waals surface area contributed by atoms with E-state index in [1.165, 1.54) is 4.90 Å². The third-order valence-electron chi connectivity index (χ3n) is 6.00. The van der Waals surface area contributed by atoms with Crippen molar-refractivity contribution in [1.29, 1.82) is 0 Å². The second-order valence-corrected chi connectivity index (χ2v) is 10.5. The van der Waals surface area contributed by atoms with E-state index < -0.39 is 23.8 Å². The maximum absolute atomic E-state index is 13.9. The number of carbonyl (C=O) groups excluding carboxylic acids is 3. The van der Waals surface area contributed by atoms with E-state index in [2.05, 4.69) is 10.6 Å². The number of likely N-dealkylation sites (N-methyl/N-ethyl adjacent to an activating group) is 1. The van der Waals surface area contributed by atoms with Crippen molar-refractivity contribution in [2.75, 3.05) is 11.9 Å². The molecule has 0 heterocycles. The fourth-order valence-electron chi connectivity index (χ4n) is 4.14. The van der Waals surface area contributed by atoms with Gasteiger partial charge in [-0.25, -0.2) is 4.79 Å². The summed E-state index contributed by atoms with van der Waals surface area (Å²) in [5, 5.41) is 5.80. The summed E-state index contributed by atoms with van der Waals surface area (Å²) in [6.45, 7) is 16.9. The average Bonchev–Trinajstić information content (AvgIpc) is 2.77. The van der Waals surface area contributed by atoms with Gasteiger partial charge in [0.2, 0.25) is 5.91 Å². The number of hydrogen-bond donors (Lipinski definition) is 2. The van der Waals surface area contributed by atoms with Crippen molar-refractivity contribution >= 4 is 23.6 Å². The van der Waals surface area contributed by atoms with Crippen LogP contribution >= 0.6 is 0 Å². The van der Waals surface area contributed by atoms with Crippen molar-refractivity contribution in [2.24, 2.45) is 5.92 Å². The summed E-state index contributed by atoms with van der Waals surface area (Å²) in [5.74, 6) is -0.877. The standard InChI is InChI=1S/C29H41N3O4/c1-10-32(27(34)23(18(2)3)31-28(35)36-29(7,8)9)25(22-17-12-11-14-19(22)4)26(33)30-24-20(5)15-13-16-21(24)6/h11-18,23,25H,10H2,1-9H3,(H,30,33)(H,31,35). The van der Waals surface area contributed by atoms with Gasteiger partial charge in [-0.3, -0.25) is 9.59 Å². The van der Waals surface area contributed by atoms with E-state index in [1.807, 2.05) is 84.0 Å². The van der Waals surface area contributed by atoms with E-state index in [4.69, 9.17) is 4.74 Å². The second-order valence-electron chi connectivity index (χ2n) is 10.5. The van der Waals surface area contributed by atoms with Crippen LogP contribution in [0.5, 0.6) is 0 Å². The maximum Gasteiger partial charge on any atom is 0.408 e. The molecule has 0 aliphatic carbocycles. The smallest absolute Gasteiger partial charge is 0.408 e. The normalized spacial score (nSPS) is 13.1. The molecule has 0 fully saturated rings. The number of aryl methyl sites for hydroxylation is 3. The molecule has 2 aromatic rings. The van der Waals surface area contributed by atoms with Crippen LogP contribution in [0.1, 0.15) is 69.8 Å². The monoisotopic (exact) mass is 495 g/mol. The highest BCUT2D eigenvalue weighted by Crippen LogP contribution is 2.29. The molecular formula is C29H41N3O4. The second kappa shape index (κ2) is 12.1. The SMILES string of the molecule is CCN(C(=O)C(NC(=O)OC(C)(C)C)C(C)C)C(C(=O)Nc1c(C)cccc1C)c1ccccc1C. The van der Waals surface area contributed by atoms with Crippen LogP contribution in [-0.4, -0.2) is 41.0 Å². The number of amides is 3. The minimum atomic E-state index is -0.885. The molecule has 2 aromatic carbocycles. The maximum atomic E-state index is 13.9. The third-order valence-corrected chi connectivity index (χ3v) is 6.00. The first kappa shape index (κ1) is 28.9. The van der Waals surface area contributed by atoms with E-state index in [9.17, 15) is 14.4 Å². The average molecular weight is 496 g/mol. The zero-order chi connectivity index (χ0) is 27.2. The molecule has 0 radical (unpaired) electrons. The molecule has 2 rings (SSSR count). The first-order valence-electron chi connectivity index (χ1n) is 12.5. The van der Waals surface area contributed by atoms with Gasteiger partial charge in [-0.2, -0.15) is 0 Å². The molecule has 0 saturated carbocycles. The Labute approximate surface area is 215 Å². The van der Waals surface area contributed by atoms with Crippen LogP contribution < -0.4 is 10.6 Å². The molecule has 196 valence electrons. The highest BCUT2D eigenvalue weighted by atomic mass is 16.6. The Morgan fingerprint density at radius 2 is 1.47 bits per heavy atom. The van der Waals surface area contributed by atoms with Crippen molar-refractivity contribution in [3.8, 4) is 0 Å². The number of carbonyl (C=O) groups is 3. The van der Waals surface area contributed by atoms with Gasteiger partial charge >= 0.3 is 6.09 Å². The van der Waals surface area contributed by atoms with E-state index in [1.54, 1.807) is 20.8 Å². The molecule has 7 heteroatoms. The number of hydrogen-bond acceptors (Lipinski definition) is 4. The van der Waals surface area contributed by atoms with Crippen molar-refractivity contribution < 1.29 is 19.1 Å². The predicted molar refractivity (Wildman–Crippen MR) is 144 cm³/mol. The van der Waals surface area contributed by atoms with Crippen LogP contribution in [0, 0.1) is 26.7 Å². The molecule has 36 heavy (non-hydrogen) atoms. The topological polar surface area (TPSA) is 87.7 Å². The molecule has 2 N–H and O–H groups in total. The number of anilines is 1. The van der Waals surface area contributed by atoms with Crippen LogP contribution in [0.15, 0.2) is 42.5 Å². The lowest BCUT2D eigenvalue weighted by molar-refractivity contribution is -0.141. The van der Waals surface area contributed by atoms with E-state index in [0.717, 1.165) is 27.9 Å². The summed E-state index contributed by atoms with van der Waals surface area (Å²) in [5.41, 5.74) is 3.54. The first-order valence-corrected chi connectivity index (χ1v) is 12.5. The largest absolute Gasteiger partial charge is 0.444 e. The Morgan fingerprint density at radius 3 is 1.97 bits per heavy atom. The van der Waals surface area contributed by atoms with Gasteiger partial charge in [0.25, 0.3) is 5.91 Å². The molecule has 0 saturated heterocycles. The fraction of sp³-hybridized carbons (Fsp3) is 0.483. The lowest BCUT2D eigenvalue weighted by Crippen LogP contribution is -2.54. The molecule has 0 spiro atoms. The zero-order valence-electron chi connectivity index (χ0n) is 23.1. The summed E-state index contributed by atoms with van der Waals surface area (Å²) in [6.07, 6.45) is -0.668. The highest BCUT2D eigenvalue weighted by molar-refractivity contribution is 6.00. The van der Waals surface area contributed by atoms with Crippen molar-refractivity contribution in [2.45, 2.75) is 80.0 Å². The summed E-state index contributed by atoms with van der Waals surface area (Å²) in [7, 11) is 0. The minimum absolute atomic E-state index is 0.224. The van der Waals surface area contributed by atoms with Gasteiger partial charge in [0, 0.05) is 12.2 Å². The van der Waals surface area contributed by atoms with Gasteiger partial charge in [-0.05, 0) is 76.6 Å². The van der Waals surface area contributed by atoms with Crippen LogP contribution in [0.4, 0.5) is 10.5 Å². The Kier molecular flexibility index (Phi) is 9.68. The van der Waals surface area contributed by atoms with Gasteiger partial charge < -0.3 is 20.3 Å². The molecule has 3 amide bonds. The molecule has 0 aromatic heterocycles. The molecule has 0 aliphatic rings. The number of rotatable bonds is 8. The van der Waals surface area contributed by atoms with Gasteiger partial charge in [0.15, 0.2) is 0 Å². The van der Waals surface area contributed by atoms with Crippen LogP contribution in [-0.2, 0) is 14.3 Å². The Bertz CT molecular complexity index is 1070. The summed E-state index contributed by atoms with van der Waals surface area (Å²) >= 11 is 0. The van der Waals surface area contributed by atoms with Crippen LogP contribution in [0.25, 0.3) is 0 Å². The van der Waals surface area contributed by atoms with Gasteiger partial charge in [-0.1, -0.05) is 56.3 Å². The van der Waals surface area contributed by atoms with E-state index in [0.29, 0.717) is 0 Å². The van der Waals surface area contributed by atoms with Crippen molar-refractivity contribution in [3.05, 3.63) is 64.7 Å².